The molecule has 1 unspecified atom stereocenters. The number of sulfone groups is 1. The van der Waals surface area contributed by atoms with Crippen molar-refractivity contribution in [3.05, 3.63) is 0 Å². The summed E-state index contributed by atoms with van der Waals surface area (Å²) in [6, 6.07) is 0. The van der Waals surface area contributed by atoms with Crippen LogP contribution >= 0.6 is 0 Å². The third-order valence-electron chi connectivity index (χ3n) is 3.57. The topological polar surface area (TPSA) is 63.2 Å². The fourth-order valence-electron chi connectivity index (χ4n) is 2.04. The highest BCUT2D eigenvalue weighted by Crippen LogP contribution is 2.21. The summed E-state index contributed by atoms with van der Waals surface area (Å²) >= 11 is 0. The zero-order valence-electron chi connectivity index (χ0n) is 11.0. The number of rotatable bonds is 5. The van der Waals surface area contributed by atoms with E-state index in [4.69, 9.17) is 0 Å². The molecular formula is C12H23NO3S. The molecular weight excluding hydrogens is 238 g/mol. The van der Waals surface area contributed by atoms with Crippen molar-refractivity contribution in [2.24, 2.45) is 0 Å². The molecule has 1 fully saturated rings. The van der Waals surface area contributed by atoms with Gasteiger partial charge in [-0.3, -0.25) is 4.79 Å². The molecule has 1 aliphatic heterocycles. The van der Waals surface area contributed by atoms with E-state index in [0.717, 1.165) is 25.8 Å². The standard InChI is InChI=1S/C12H23NO3S/c1-10(2)17(15,16)9-6-11(14)12(3)7-4-5-8-13-12/h10,13H,4-9H2,1-3H3. The third kappa shape index (κ3) is 3.78. The van der Waals surface area contributed by atoms with Crippen LogP contribution in [0, 0.1) is 0 Å². The Balaban J connectivity index is 2.55. The fraction of sp³-hybridized carbons (Fsp3) is 0.917. The highest BCUT2D eigenvalue weighted by molar-refractivity contribution is 7.91. The van der Waals surface area contributed by atoms with Gasteiger partial charge in [-0.25, -0.2) is 8.42 Å². The summed E-state index contributed by atoms with van der Waals surface area (Å²) in [6.07, 6.45) is 3.07. The monoisotopic (exact) mass is 261 g/mol. The normalized spacial score (nSPS) is 26.1. The minimum atomic E-state index is -3.11. The van der Waals surface area contributed by atoms with Crippen molar-refractivity contribution in [1.29, 1.82) is 0 Å². The van der Waals surface area contributed by atoms with Crippen molar-refractivity contribution >= 4 is 15.6 Å². The zero-order chi connectivity index (χ0) is 13.1. The Morgan fingerprint density at radius 2 is 2.00 bits per heavy atom. The van der Waals surface area contributed by atoms with Gasteiger partial charge in [-0.05, 0) is 46.6 Å². The molecule has 1 rings (SSSR count). The molecule has 1 saturated heterocycles. The lowest BCUT2D eigenvalue weighted by atomic mass is 9.86. The first-order valence-electron chi connectivity index (χ1n) is 6.28. The van der Waals surface area contributed by atoms with Gasteiger partial charge in [0, 0.05) is 6.42 Å². The SMILES string of the molecule is CC(C)S(=O)(=O)CCC(=O)C1(C)CCCCN1. The van der Waals surface area contributed by atoms with Crippen LogP contribution in [0.3, 0.4) is 0 Å². The first-order chi connectivity index (χ1) is 7.78. The zero-order valence-corrected chi connectivity index (χ0v) is 11.8. The minimum absolute atomic E-state index is 0.0270. The highest BCUT2D eigenvalue weighted by atomic mass is 32.2. The lowest BCUT2D eigenvalue weighted by Crippen LogP contribution is -2.52. The van der Waals surface area contributed by atoms with Gasteiger partial charge in [0.2, 0.25) is 0 Å². The van der Waals surface area contributed by atoms with Crippen LogP contribution in [0.2, 0.25) is 0 Å². The maximum absolute atomic E-state index is 12.1. The molecule has 0 amide bonds. The van der Waals surface area contributed by atoms with Crippen LogP contribution in [0.1, 0.15) is 46.5 Å². The Morgan fingerprint density at radius 3 is 2.47 bits per heavy atom. The number of Topliss-reactive ketones (excluding diaryl/α,β-unsaturated/α-hetero) is 1. The highest BCUT2D eigenvalue weighted by Gasteiger charge is 2.34. The lowest BCUT2D eigenvalue weighted by Gasteiger charge is -2.33. The second-order valence-corrected chi connectivity index (χ2v) is 7.98. The Morgan fingerprint density at radius 1 is 1.35 bits per heavy atom. The summed E-state index contributed by atoms with van der Waals surface area (Å²) in [5.74, 6) is 0.00208. The van der Waals surface area contributed by atoms with E-state index >= 15 is 0 Å². The molecule has 0 radical (unpaired) electrons. The van der Waals surface area contributed by atoms with E-state index in [1.54, 1.807) is 13.8 Å². The molecule has 0 aromatic carbocycles. The molecule has 0 aromatic rings. The second kappa shape index (κ2) is 5.48. The van der Waals surface area contributed by atoms with E-state index < -0.39 is 20.6 Å². The molecule has 0 aliphatic carbocycles. The van der Waals surface area contributed by atoms with Crippen molar-refractivity contribution in [1.82, 2.24) is 5.32 Å². The average Bonchev–Trinajstić information content (AvgIpc) is 2.26. The van der Waals surface area contributed by atoms with Crippen molar-refractivity contribution in [2.75, 3.05) is 12.3 Å². The molecule has 0 bridgehead atoms. The molecule has 0 aromatic heterocycles. The van der Waals surface area contributed by atoms with Crippen LogP contribution in [0.15, 0.2) is 0 Å². The third-order valence-corrected chi connectivity index (χ3v) is 5.78. The van der Waals surface area contributed by atoms with Gasteiger partial charge >= 0.3 is 0 Å². The van der Waals surface area contributed by atoms with E-state index in [2.05, 4.69) is 5.32 Å². The van der Waals surface area contributed by atoms with Crippen LogP contribution in [0.4, 0.5) is 0 Å². The summed E-state index contributed by atoms with van der Waals surface area (Å²) in [7, 11) is -3.11. The number of carbonyl (C=O) groups excluding carboxylic acids is 1. The van der Waals surface area contributed by atoms with E-state index in [-0.39, 0.29) is 18.0 Å². The van der Waals surface area contributed by atoms with Crippen molar-refractivity contribution in [3.63, 3.8) is 0 Å². The number of nitrogens with one attached hydrogen (secondary N) is 1. The van der Waals surface area contributed by atoms with Crippen LogP contribution in [0.25, 0.3) is 0 Å². The molecule has 1 atom stereocenters. The molecule has 4 nitrogen and oxygen atoms in total. The maximum Gasteiger partial charge on any atom is 0.153 e. The Labute approximate surface area is 104 Å². The predicted octanol–water partition coefficient (Wildman–Crippen LogP) is 1.30. The molecule has 17 heavy (non-hydrogen) atoms. The number of piperidine rings is 1. The number of hydrogen-bond acceptors (Lipinski definition) is 4. The molecule has 1 heterocycles. The Hall–Kier alpha value is -0.420. The summed E-state index contributed by atoms with van der Waals surface area (Å²) in [6.45, 7) is 6.04. The smallest absolute Gasteiger partial charge is 0.153 e. The van der Waals surface area contributed by atoms with Gasteiger partial charge in [0.15, 0.2) is 15.6 Å². The van der Waals surface area contributed by atoms with Crippen molar-refractivity contribution in [2.45, 2.75) is 57.2 Å². The molecule has 100 valence electrons. The molecule has 0 spiro atoms. The predicted molar refractivity (Wildman–Crippen MR) is 68.8 cm³/mol. The van der Waals surface area contributed by atoms with Gasteiger partial charge < -0.3 is 5.32 Å². The minimum Gasteiger partial charge on any atom is -0.305 e. The van der Waals surface area contributed by atoms with Crippen LogP contribution in [-0.2, 0) is 14.6 Å². The van der Waals surface area contributed by atoms with E-state index in [1.807, 2.05) is 6.92 Å². The van der Waals surface area contributed by atoms with Gasteiger partial charge in [-0.15, -0.1) is 0 Å². The van der Waals surface area contributed by atoms with Gasteiger partial charge in [-0.1, -0.05) is 0 Å². The molecule has 1 N–H and O–H groups in total. The average molecular weight is 261 g/mol. The number of carbonyl (C=O) groups is 1. The maximum atomic E-state index is 12.1. The van der Waals surface area contributed by atoms with Gasteiger partial charge in [0.05, 0.1) is 16.5 Å². The molecule has 0 saturated carbocycles. The van der Waals surface area contributed by atoms with Crippen LogP contribution < -0.4 is 5.32 Å². The quantitative estimate of drug-likeness (QED) is 0.810. The van der Waals surface area contributed by atoms with Gasteiger partial charge in [0.25, 0.3) is 0 Å². The first kappa shape index (κ1) is 14.6. The number of hydrogen-bond donors (Lipinski definition) is 1. The molecule has 5 heteroatoms. The van der Waals surface area contributed by atoms with E-state index in [0.29, 0.717) is 0 Å². The first-order valence-corrected chi connectivity index (χ1v) is 7.99. The van der Waals surface area contributed by atoms with Gasteiger partial charge in [-0.2, -0.15) is 0 Å². The van der Waals surface area contributed by atoms with Crippen LogP contribution in [-0.4, -0.2) is 37.3 Å². The van der Waals surface area contributed by atoms with Crippen LogP contribution in [0.5, 0.6) is 0 Å². The Kier molecular flexibility index (Phi) is 4.72. The molecule has 1 aliphatic rings. The lowest BCUT2D eigenvalue weighted by molar-refractivity contribution is -0.125. The summed E-state index contributed by atoms with van der Waals surface area (Å²) < 4.78 is 23.3. The number of ketones is 1. The second-order valence-electron chi connectivity index (χ2n) is 5.30. The van der Waals surface area contributed by atoms with E-state index in [9.17, 15) is 13.2 Å². The summed E-state index contributed by atoms with van der Waals surface area (Å²) in [5.41, 5.74) is -0.509. The van der Waals surface area contributed by atoms with Crippen molar-refractivity contribution in [3.8, 4) is 0 Å². The largest absolute Gasteiger partial charge is 0.305 e. The van der Waals surface area contributed by atoms with Crippen molar-refractivity contribution < 1.29 is 13.2 Å². The Bertz CT molecular complexity index is 367. The van der Waals surface area contributed by atoms with E-state index in [1.165, 1.54) is 0 Å². The fourth-order valence-corrected chi connectivity index (χ4v) is 2.98. The summed E-state index contributed by atoms with van der Waals surface area (Å²) in [4.78, 5) is 12.1. The van der Waals surface area contributed by atoms with Gasteiger partial charge in [0.1, 0.15) is 0 Å². The summed E-state index contributed by atoms with van der Waals surface area (Å²) in [5, 5.41) is 2.82.